The van der Waals surface area contributed by atoms with Crippen LogP contribution in [0.3, 0.4) is 0 Å². The Hall–Kier alpha value is -2.23. The number of nitrogens with zero attached hydrogens (tertiary/aromatic N) is 2. The van der Waals surface area contributed by atoms with E-state index in [2.05, 4.69) is 15.0 Å². The number of hydrogen-bond donors (Lipinski definition) is 2. The van der Waals surface area contributed by atoms with Crippen LogP contribution in [-0.2, 0) is 16.6 Å². The minimum Gasteiger partial charge on any atom is -0.455 e. The summed E-state index contributed by atoms with van der Waals surface area (Å²) in [4.78, 5) is 18.7. The van der Waals surface area contributed by atoms with Crippen LogP contribution in [0, 0.1) is 0 Å². The highest BCUT2D eigenvalue weighted by molar-refractivity contribution is 7.88. The lowest BCUT2D eigenvalue weighted by Gasteiger charge is -2.35. The summed E-state index contributed by atoms with van der Waals surface area (Å²) in [5.74, 6) is 0.365. The smallest absolute Gasteiger partial charge is 0.290 e. The summed E-state index contributed by atoms with van der Waals surface area (Å²) in [7, 11) is -3.32. The zero-order valence-electron chi connectivity index (χ0n) is 13.8. The van der Waals surface area contributed by atoms with Crippen molar-refractivity contribution in [1.82, 2.24) is 19.9 Å². The van der Waals surface area contributed by atoms with Crippen LogP contribution in [0.2, 0.25) is 0 Å². The third-order valence-electron chi connectivity index (χ3n) is 3.95. The van der Waals surface area contributed by atoms with Gasteiger partial charge in [0.1, 0.15) is 5.76 Å². The number of furan rings is 1. The van der Waals surface area contributed by atoms with Gasteiger partial charge in [-0.1, -0.05) is 6.07 Å². The van der Waals surface area contributed by atoms with Crippen molar-refractivity contribution >= 4 is 15.9 Å². The Kier molecular flexibility index (Phi) is 5.16. The normalized spacial score (nSPS) is 18.3. The molecule has 1 aliphatic rings. The molecule has 3 heterocycles. The number of nitrogens with one attached hydrogen (secondary N) is 2. The van der Waals surface area contributed by atoms with E-state index in [1.54, 1.807) is 29.4 Å². The molecule has 2 aromatic rings. The molecule has 0 saturated carbocycles. The zero-order valence-corrected chi connectivity index (χ0v) is 14.6. The largest absolute Gasteiger partial charge is 0.455 e. The average Bonchev–Trinajstić information content (AvgIpc) is 3.09. The van der Waals surface area contributed by atoms with Crippen molar-refractivity contribution in [3.63, 3.8) is 0 Å². The van der Waals surface area contributed by atoms with Crippen LogP contribution in [0.4, 0.5) is 0 Å². The number of amides is 1. The maximum Gasteiger partial charge on any atom is 0.290 e. The van der Waals surface area contributed by atoms with Gasteiger partial charge in [0.25, 0.3) is 5.91 Å². The highest BCUT2D eigenvalue weighted by Gasteiger charge is 2.30. The molecule has 1 fully saturated rings. The predicted molar refractivity (Wildman–Crippen MR) is 91.3 cm³/mol. The minimum absolute atomic E-state index is 0.0136. The first kappa shape index (κ1) is 17.6. The second-order valence-electron chi connectivity index (χ2n) is 5.86. The van der Waals surface area contributed by atoms with E-state index >= 15 is 0 Å². The Morgan fingerprint density at radius 3 is 3.00 bits per heavy atom. The van der Waals surface area contributed by atoms with Crippen LogP contribution >= 0.6 is 0 Å². The molecule has 3 rings (SSSR count). The lowest BCUT2D eigenvalue weighted by molar-refractivity contribution is 0.0599. The Morgan fingerprint density at radius 2 is 2.28 bits per heavy atom. The number of carbonyl (C=O) groups is 1. The maximum atomic E-state index is 12.8. The Morgan fingerprint density at radius 1 is 1.44 bits per heavy atom. The predicted octanol–water partition coefficient (Wildman–Crippen LogP) is 0.511. The van der Waals surface area contributed by atoms with Gasteiger partial charge >= 0.3 is 0 Å². The fraction of sp³-hybridized carbons (Fsp3) is 0.375. The number of aromatic nitrogens is 1. The van der Waals surface area contributed by atoms with Crippen LogP contribution in [0.15, 0.2) is 41.1 Å². The van der Waals surface area contributed by atoms with Crippen molar-refractivity contribution in [2.45, 2.75) is 12.6 Å². The summed E-state index contributed by atoms with van der Waals surface area (Å²) in [6, 6.07) is 6.83. The van der Waals surface area contributed by atoms with Crippen molar-refractivity contribution in [1.29, 1.82) is 0 Å². The quantitative estimate of drug-likeness (QED) is 0.801. The number of carbonyl (C=O) groups excluding carboxylic acids is 1. The molecule has 1 aliphatic heterocycles. The van der Waals surface area contributed by atoms with Gasteiger partial charge in [-0.15, -0.1) is 0 Å². The second kappa shape index (κ2) is 7.34. The van der Waals surface area contributed by atoms with Crippen LogP contribution < -0.4 is 10.0 Å². The van der Waals surface area contributed by atoms with Crippen molar-refractivity contribution < 1.29 is 17.6 Å². The molecule has 9 heteroatoms. The summed E-state index contributed by atoms with van der Waals surface area (Å²) >= 11 is 0. The zero-order chi connectivity index (χ0) is 17.9. The number of rotatable bonds is 5. The summed E-state index contributed by atoms with van der Waals surface area (Å²) in [5, 5.41) is 3.28. The van der Waals surface area contributed by atoms with Gasteiger partial charge in [0.05, 0.1) is 18.8 Å². The van der Waals surface area contributed by atoms with E-state index in [-0.39, 0.29) is 24.3 Å². The molecule has 0 bridgehead atoms. The van der Waals surface area contributed by atoms with Gasteiger partial charge in [-0.2, -0.15) is 0 Å². The van der Waals surface area contributed by atoms with Crippen LogP contribution in [0.1, 0.15) is 27.9 Å². The van der Waals surface area contributed by atoms with Gasteiger partial charge in [0.2, 0.25) is 10.0 Å². The van der Waals surface area contributed by atoms with Gasteiger partial charge in [0.15, 0.2) is 5.76 Å². The van der Waals surface area contributed by atoms with E-state index in [1.165, 1.54) is 0 Å². The Balaban J connectivity index is 1.76. The molecular formula is C16H20N4O4S. The summed E-state index contributed by atoms with van der Waals surface area (Å²) in [6.45, 7) is 1.90. The lowest BCUT2D eigenvalue weighted by Crippen LogP contribution is -2.48. The number of piperazine rings is 1. The lowest BCUT2D eigenvalue weighted by atomic mass is 10.1. The summed E-state index contributed by atoms with van der Waals surface area (Å²) < 4.78 is 30.2. The third-order valence-corrected chi connectivity index (χ3v) is 4.62. The number of pyridine rings is 1. The average molecular weight is 364 g/mol. The number of hydrogen-bond acceptors (Lipinski definition) is 6. The van der Waals surface area contributed by atoms with E-state index in [0.29, 0.717) is 25.4 Å². The molecule has 1 amide bonds. The van der Waals surface area contributed by atoms with Crippen LogP contribution in [0.25, 0.3) is 0 Å². The molecule has 8 nitrogen and oxygen atoms in total. The summed E-state index contributed by atoms with van der Waals surface area (Å²) in [6.07, 6.45) is 4.52. The molecule has 2 aromatic heterocycles. The Labute approximate surface area is 146 Å². The topological polar surface area (TPSA) is 105 Å². The first-order valence-corrected chi connectivity index (χ1v) is 9.78. The Bertz CT molecular complexity index is 835. The van der Waals surface area contributed by atoms with Crippen LogP contribution in [0.5, 0.6) is 0 Å². The monoisotopic (exact) mass is 364 g/mol. The summed E-state index contributed by atoms with van der Waals surface area (Å²) in [5.41, 5.74) is 0.952. The number of sulfonamides is 1. The van der Waals surface area contributed by atoms with Gasteiger partial charge < -0.3 is 14.6 Å². The van der Waals surface area contributed by atoms with Crippen molar-refractivity contribution in [2.24, 2.45) is 0 Å². The molecule has 0 spiro atoms. The highest BCUT2D eigenvalue weighted by atomic mass is 32.2. The fourth-order valence-electron chi connectivity index (χ4n) is 2.75. The van der Waals surface area contributed by atoms with Crippen molar-refractivity contribution in [2.75, 3.05) is 25.9 Å². The minimum atomic E-state index is -3.32. The van der Waals surface area contributed by atoms with E-state index in [1.807, 2.05) is 12.1 Å². The third kappa shape index (κ3) is 4.44. The fourth-order valence-corrected chi connectivity index (χ4v) is 3.15. The van der Waals surface area contributed by atoms with Gasteiger partial charge in [-0.3, -0.25) is 9.78 Å². The van der Waals surface area contributed by atoms with E-state index in [9.17, 15) is 13.2 Å². The highest BCUT2D eigenvalue weighted by Crippen LogP contribution is 2.24. The first-order valence-electron chi connectivity index (χ1n) is 7.89. The van der Waals surface area contributed by atoms with Crippen molar-refractivity contribution in [3.05, 3.63) is 53.7 Å². The van der Waals surface area contributed by atoms with Gasteiger partial charge in [-0.05, 0) is 23.8 Å². The van der Waals surface area contributed by atoms with E-state index < -0.39 is 10.0 Å². The molecule has 1 saturated heterocycles. The molecule has 0 aliphatic carbocycles. The molecule has 0 aromatic carbocycles. The first-order chi connectivity index (χ1) is 11.9. The molecule has 1 atom stereocenters. The van der Waals surface area contributed by atoms with Crippen LogP contribution in [-0.4, -0.2) is 50.1 Å². The molecule has 2 N–H and O–H groups in total. The van der Waals surface area contributed by atoms with Gasteiger partial charge in [-0.25, -0.2) is 13.1 Å². The maximum absolute atomic E-state index is 12.8. The second-order valence-corrected chi connectivity index (χ2v) is 7.70. The molecule has 25 heavy (non-hydrogen) atoms. The standard InChI is InChI=1S/C16H20N4O4S/c1-25(22,23)19-10-13-4-5-15(24-13)16(21)20-8-7-18-11-14(20)12-3-2-6-17-9-12/h2-6,9,14,18-19H,7-8,10-11H2,1H3. The molecular weight excluding hydrogens is 344 g/mol. The van der Waals surface area contributed by atoms with E-state index in [0.717, 1.165) is 11.8 Å². The van der Waals surface area contributed by atoms with Crippen molar-refractivity contribution in [3.8, 4) is 0 Å². The molecule has 134 valence electrons. The molecule has 0 radical (unpaired) electrons. The molecule has 1 unspecified atom stereocenters. The SMILES string of the molecule is CS(=O)(=O)NCc1ccc(C(=O)N2CCNCC2c2cccnc2)o1. The van der Waals surface area contributed by atoms with E-state index in [4.69, 9.17) is 4.42 Å². The van der Waals surface area contributed by atoms with Gasteiger partial charge in [0, 0.05) is 32.0 Å².